The summed E-state index contributed by atoms with van der Waals surface area (Å²) in [6, 6.07) is 22.2. The number of benzene rings is 3. The van der Waals surface area contributed by atoms with Gasteiger partial charge in [-0.05, 0) is 73.2 Å². The minimum atomic E-state index is -0.558. The Kier molecular flexibility index (Phi) is 8.00. The molecule has 3 aromatic carbocycles. The van der Waals surface area contributed by atoms with Crippen molar-refractivity contribution in [3.63, 3.8) is 0 Å². The molecule has 1 aromatic heterocycles. The molecule has 6 rings (SSSR count). The molecule has 0 bridgehead atoms. The summed E-state index contributed by atoms with van der Waals surface area (Å²) in [4.78, 5) is 16.7. The Morgan fingerprint density at radius 1 is 0.951 bits per heavy atom. The van der Waals surface area contributed by atoms with Gasteiger partial charge in [-0.2, -0.15) is 0 Å². The third-order valence-electron chi connectivity index (χ3n) is 8.62. The minimum Gasteiger partial charge on any atom is -0.494 e. The van der Waals surface area contributed by atoms with Crippen LogP contribution < -0.4 is 10.3 Å². The lowest BCUT2D eigenvalue weighted by Crippen LogP contribution is -2.39. The SMILES string of the molecule is COc1cccc(-c2c(C)c(Cc3ccccc3F)c3n(c2=O)C(CN2CCC(c4ccccc4)CC2)CS3)c1F. The van der Waals surface area contributed by atoms with Crippen LogP contribution in [0.1, 0.15) is 47.1 Å². The fourth-order valence-corrected chi connectivity index (χ4v) is 7.77. The maximum Gasteiger partial charge on any atom is 0.260 e. The summed E-state index contributed by atoms with van der Waals surface area (Å²) < 4.78 is 37.5. The molecule has 0 radical (unpaired) electrons. The molecule has 1 atom stereocenters. The van der Waals surface area contributed by atoms with Crippen LogP contribution in [0.5, 0.6) is 5.75 Å². The Hall–Kier alpha value is -3.42. The number of hydrogen-bond acceptors (Lipinski definition) is 4. The number of nitrogens with zero attached hydrogens (tertiary/aromatic N) is 2. The first-order valence-corrected chi connectivity index (χ1v) is 15.2. The van der Waals surface area contributed by atoms with E-state index in [1.165, 1.54) is 18.7 Å². The van der Waals surface area contributed by atoms with Gasteiger partial charge >= 0.3 is 0 Å². The monoisotopic (exact) mass is 572 g/mol. The molecule has 0 saturated carbocycles. The molecule has 1 saturated heterocycles. The quantitative estimate of drug-likeness (QED) is 0.234. The van der Waals surface area contributed by atoms with E-state index in [1.807, 2.05) is 17.6 Å². The molecule has 0 amide bonds. The third kappa shape index (κ3) is 5.33. The highest BCUT2D eigenvalue weighted by Crippen LogP contribution is 2.41. The van der Waals surface area contributed by atoms with Gasteiger partial charge in [-0.15, -0.1) is 11.8 Å². The van der Waals surface area contributed by atoms with Crippen LogP contribution in [0.3, 0.4) is 0 Å². The van der Waals surface area contributed by atoms with Crippen LogP contribution in [0.15, 0.2) is 82.6 Å². The summed E-state index contributed by atoms with van der Waals surface area (Å²) in [6.07, 6.45) is 2.49. The third-order valence-corrected chi connectivity index (χ3v) is 9.89. The van der Waals surface area contributed by atoms with Gasteiger partial charge < -0.3 is 9.64 Å². The van der Waals surface area contributed by atoms with Crippen LogP contribution >= 0.6 is 11.8 Å². The average molecular weight is 573 g/mol. The van der Waals surface area contributed by atoms with Crippen molar-refractivity contribution in [3.8, 4) is 16.9 Å². The van der Waals surface area contributed by atoms with Crippen LogP contribution in [-0.2, 0) is 6.42 Å². The number of pyridine rings is 1. The Morgan fingerprint density at radius 3 is 2.41 bits per heavy atom. The second-order valence-corrected chi connectivity index (χ2v) is 12.0. The predicted octanol–water partition coefficient (Wildman–Crippen LogP) is 7.23. The van der Waals surface area contributed by atoms with Crippen LogP contribution in [0.2, 0.25) is 0 Å². The van der Waals surface area contributed by atoms with E-state index < -0.39 is 5.82 Å². The number of thioether (sulfide) groups is 1. The Balaban J connectivity index is 1.37. The van der Waals surface area contributed by atoms with E-state index in [2.05, 4.69) is 35.2 Å². The van der Waals surface area contributed by atoms with Gasteiger partial charge in [-0.3, -0.25) is 9.36 Å². The molecule has 2 aliphatic heterocycles. The second kappa shape index (κ2) is 11.8. The lowest BCUT2D eigenvalue weighted by Gasteiger charge is -2.34. The van der Waals surface area contributed by atoms with E-state index in [4.69, 9.17) is 4.74 Å². The van der Waals surface area contributed by atoms with Crippen molar-refractivity contribution in [1.82, 2.24) is 9.47 Å². The highest BCUT2D eigenvalue weighted by molar-refractivity contribution is 7.99. The lowest BCUT2D eigenvalue weighted by atomic mass is 9.89. The molecule has 0 spiro atoms. The normalized spacial score (nSPS) is 17.5. The maximum atomic E-state index is 15.6. The van der Waals surface area contributed by atoms with Gasteiger partial charge in [0.2, 0.25) is 0 Å². The van der Waals surface area contributed by atoms with Crippen molar-refractivity contribution in [2.45, 2.75) is 43.2 Å². The summed E-state index contributed by atoms with van der Waals surface area (Å²) in [5.74, 6) is 0.555. The van der Waals surface area contributed by atoms with Crippen molar-refractivity contribution in [2.24, 2.45) is 0 Å². The number of ether oxygens (including phenoxy) is 1. The number of fused-ring (bicyclic) bond motifs is 1. The summed E-state index contributed by atoms with van der Waals surface area (Å²) in [5.41, 5.74) is 3.86. The standard InChI is InChI=1S/C34H34F2N2O2S/c1-22-28(19-25-11-6-7-13-29(25)35)34-38(33(39)31(22)27-12-8-14-30(40-2)32(27)36)26(21-41-34)20-37-17-15-24(16-18-37)23-9-4-3-5-10-23/h3-14,24,26H,15-21H2,1-2H3. The minimum absolute atomic E-state index is 0.0526. The largest absolute Gasteiger partial charge is 0.494 e. The van der Waals surface area contributed by atoms with Gasteiger partial charge in [0.15, 0.2) is 11.6 Å². The fraction of sp³-hybridized carbons (Fsp3) is 0.324. The van der Waals surface area contributed by atoms with E-state index in [0.29, 0.717) is 29.0 Å². The Morgan fingerprint density at radius 2 is 1.68 bits per heavy atom. The fourth-order valence-electron chi connectivity index (χ4n) is 6.39. The summed E-state index contributed by atoms with van der Waals surface area (Å²) in [5, 5.41) is 0.868. The van der Waals surface area contributed by atoms with E-state index >= 15 is 4.39 Å². The smallest absolute Gasteiger partial charge is 0.260 e. The summed E-state index contributed by atoms with van der Waals surface area (Å²) >= 11 is 1.65. The van der Waals surface area contributed by atoms with Crippen LogP contribution in [0, 0.1) is 18.6 Å². The predicted molar refractivity (Wildman–Crippen MR) is 161 cm³/mol. The highest BCUT2D eigenvalue weighted by Gasteiger charge is 2.33. The summed E-state index contributed by atoms with van der Waals surface area (Å²) in [6.45, 7) is 4.55. The number of aromatic nitrogens is 1. The highest BCUT2D eigenvalue weighted by atomic mass is 32.2. The Bertz CT molecular complexity index is 1610. The van der Waals surface area contributed by atoms with Crippen molar-refractivity contribution in [3.05, 3.63) is 117 Å². The van der Waals surface area contributed by atoms with Crippen LogP contribution in [0.4, 0.5) is 8.78 Å². The van der Waals surface area contributed by atoms with Gasteiger partial charge in [-0.25, -0.2) is 8.78 Å². The first kappa shape index (κ1) is 27.7. The van der Waals surface area contributed by atoms with E-state index in [0.717, 1.165) is 48.8 Å². The number of piperidine rings is 1. The average Bonchev–Trinajstić information content (AvgIpc) is 3.41. The van der Waals surface area contributed by atoms with Crippen LogP contribution in [-0.4, -0.2) is 42.0 Å². The van der Waals surface area contributed by atoms with Gasteiger partial charge in [-0.1, -0.05) is 60.7 Å². The molecule has 7 heteroatoms. The molecular weight excluding hydrogens is 538 g/mol. The van der Waals surface area contributed by atoms with E-state index in [-0.39, 0.29) is 28.7 Å². The molecule has 1 unspecified atom stereocenters. The van der Waals surface area contributed by atoms with Gasteiger partial charge in [0.05, 0.1) is 23.7 Å². The molecule has 4 aromatic rings. The number of methoxy groups -OCH3 is 1. The first-order chi connectivity index (χ1) is 20.0. The zero-order chi connectivity index (χ0) is 28.5. The zero-order valence-electron chi connectivity index (χ0n) is 23.4. The molecule has 0 aliphatic carbocycles. The van der Waals surface area contributed by atoms with Crippen molar-refractivity contribution >= 4 is 11.8 Å². The van der Waals surface area contributed by atoms with Gasteiger partial charge in [0, 0.05) is 24.3 Å². The Labute approximate surface area is 244 Å². The second-order valence-electron chi connectivity index (χ2n) is 11.0. The number of hydrogen-bond donors (Lipinski definition) is 0. The maximum absolute atomic E-state index is 15.6. The molecule has 41 heavy (non-hydrogen) atoms. The molecule has 3 heterocycles. The van der Waals surface area contributed by atoms with Gasteiger partial charge in [0.25, 0.3) is 5.56 Å². The topological polar surface area (TPSA) is 34.5 Å². The number of halogens is 2. The van der Waals surface area contributed by atoms with E-state index in [1.54, 1.807) is 42.1 Å². The molecule has 212 valence electrons. The zero-order valence-corrected chi connectivity index (χ0v) is 24.2. The lowest BCUT2D eigenvalue weighted by molar-refractivity contribution is 0.188. The van der Waals surface area contributed by atoms with Crippen molar-refractivity contribution in [1.29, 1.82) is 0 Å². The molecule has 2 aliphatic rings. The van der Waals surface area contributed by atoms with Crippen molar-refractivity contribution in [2.75, 3.05) is 32.5 Å². The molecular formula is C34H34F2N2O2S. The first-order valence-electron chi connectivity index (χ1n) is 14.2. The van der Waals surface area contributed by atoms with Crippen LogP contribution in [0.25, 0.3) is 11.1 Å². The molecule has 1 fully saturated rings. The summed E-state index contributed by atoms with van der Waals surface area (Å²) in [7, 11) is 1.42. The molecule has 4 nitrogen and oxygen atoms in total. The number of likely N-dealkylation sites (tertiary alicyclic amines) is 1. The van der Waals surface area contributed by atoms with E-state index in [9.17, 15) is 9.18 Å². The van der Waals surface area contributed by atoms with Crippen molar-refractivity contribution < 1.29 is 13.5 Å². The number of rotatable bonds is 7. The molecule has 0 N–H and O–H groups in total. The van der Waals surface area contributed by atoms with Gasteiger partial charge in [0.1, 0.15) is 5.82 Å².